The van der Waals surface area contributed by atoms with Gasteiger partial charge in [0, 0.05) is 56.5 Å². The molecule has 0 unspecified atom stereocenters. The van der Waals surface area contributed by atoms with E-state index >= 15 is 0 Å². The molecule has 0 aromatic heterocycles. The quantitative estimate of drug-likeness (QED) is 0.122. The molecule has 5 heteroatoms. The van der Waals surface area contributed by atoms with E-state index in [1.165, 1.54) is 43.1 Å². The second-order valence-electron chi connectivity index (χ2n) is 11.4. The minimum atomic E-state index is -1.31. The van der Waals surface area contributed by atoms with Crippen LogP contribution in [0.3, 0.4) is 0 Å². The third-order valence-corrected chi connectivity index (χ3v) is 10.9. The molecule has 0 saturated carbocycles. The fourth-order valence-corrected chi connectivity index (χ4v) is 9.75. The second-order valence-corrected chi connectivity index (χ2v) is 21.4. The Morgan fingerprint density at radius 3 is 0.674 bits per heavy atom. The van der Waals surface area contributed by atoms with E-state index in [1.807, 2.05) is 0 Å². The van der Waals surface area contributed by atoms with Gasteiger partial charge in [0.15, 0.2) is 0 Å². The third kappa shape index (κ3) is 10.2. The standard InChI is InChI=1S/2C16H17Si.6CH3.2Al.Sm/c2*1-17(2,3)16-14-10-6-4-8-12(14)13-9-5-7-11-15(13)16;;;;;;;;;/h2*4-11H,1-3H3;6*1H3;;;/q8*-1;2*+3;. The van der Waals surface area contributed by atoms with E-state index in [0.717, 1.165) is 0 Å². The monoisotopic (exact) mass is 770 g/mol. The summed E-state index contributed by atoms with van der Waals surface area (Å²) < 4.78 is 0. The Hall–Kier alpha value is -0.544. The summed E-state index contributed by atoms with van der Waals surface area (Å²) in [6, 6.07) is 35.3. The van der Waals surface area contributed by atoms with Gasteiger partial charge in [0.1, 0.15) is 0 Å². The van der Waals surface area contributed by atoms with Crippen molar-refractivity contribution in [2.24, 2.45) is 0 Å². The summed E-state index contributed by atoms with van der Waals surface area (Å²) in [4.78, 5) is 0. The largest absolute Gasteiger partial charge is 3.00 e. The van der Waals surface area contributed by atoms with Crippen molar-refractivity contribution in [3.63, 3.8) is 0 Å². The van der Waals surface area contributed by atoms with Gasteiger partial charge >= 0.3 is 34.7 Å². The summed E-state index contributed by atoms with van der Waals surface area (Å²) in [5.41, 5.74) is 0. The fraction of sp³-hybridized carbons (Fsp3) is 0.158. The number of benzene rings is 4. The van der Waals surface area contributed by atoms with Crippen molar-refractivity contribution in [3.05, 3.63) is 142 Å². The molecule has 0 atom stereocenters. The first kappa shape index (κ1) is 52.0. The molecule has 0 heterocycles. The molecule has 6 aromatic carbocycles. The van der Waals surface area contributed by atoms with E-state index in [0.29, 0.717) is 0 Å². The smallest absolute Gasteiger partial charge is 0.358 e. The van der Waals surface area contributed by atoms with Gasteiger partial charge in [0.2, 0.25) is 0 Å². The van der Waals surface area contributed by atoms with Gasteiger partial charge in [0.25, 0.3) is 0 Å². The Kier molecular flexibility index (Phi) is 24.9. The molecule has 0 fully saturated rings. The van der Waals surface area contributed by atoms with Gasteiger partial charge < -0.3 is 44.6 Å². The summed E-state index contributed by atoms with van der Waals surface area (Å²) in [6.45, 7) is 14.6. The van der Waals surface area contributed by atoms with Crippen molar-refractivity contribution < 1.29 is 40.4 Å². The zero-order chi connectivity index (χ0) is 24.1. The number of rotatable bonds is 2. The first-order chi connectivity index (χ1) is 16.2. The minimum Gasteiger partial charge on any atom is -0.358 e. The van der Waals surface area contributed by atoms with Gasteiger partial charge in [-0.25, -0.2) is 0 Å². The Labute approximate surface area is 322 Å². The topological polar surface area (TPSA) is 0 Å². The van der Waals surface area contributed by atoms with Crippen LogP contribution < -0.4 is 10.4 Å². The Balaban J connectivity index is -0.000000185. The van der Waals surface area contributed by atoms with Crippen molar-refractivity contribution >= 4 is 104 Å². The molecule has 0 N–H and O–H groups in total. The van der Waals surface area contributed by atoms with Crippen LogP contribution in [-0.4, -0.2) is 50.9 Å². The number of fused-ring (bicyclic) bond motifs is 6. The molecule has 0 radical (unpaired) electrons. The van der Waals surface area contributed by atoms with Crippen LogP contribution in [-0.2, 0) is 0 Å². The van der Waals surface area contributed by atoms with Crippen LogP contribution in [0.4, 0.5) is 0 Å². The average molecular weight is 769 g/mol. The Morgan fingerprint density at radius 2 is 0.512 bits per heavy atom. The van der Waals surface area contributed by atoms with E-state index in [-0.39, 0.29) is 120 Å². The van der Waals surface area contributed by atoms with E-state index in [2.05, 4.69) is 136 Å². The van der Waals surface area contributed by atoms with Crippen molar-refractivity contribution in [3.8, 4) is 0 Å². The molecular weight excluding hydrogens is 717 g/mol. The zero-order valence-corrected chi connectivity index (χ0v) is 35.7. The first-order valence-corrected chi connectivity index (χ1v) is 19.3. The third-order valence-electron chi connectivity index (χ3n) is 6.87. The minimum absolute atomic E-state index is 0. The summed E-state index contributed by atoms with van der Waals surface area (Å²) >= 11 is 0. The van der Waals surface area contributed by atoms with Crippen molar-refractivity contribution in [2.75, 3.05) is 0 Å². The van der Waals surface area contributed by atoms with E-state index in [1.54, 1.807) is 10.4 Å². The van der Waals surface area contributed by atoms with Gasteiger partial charge in [-0.1, -0.05) is 112 Å². The van der Waals surface area contributed by atoms with Gasteiger partial charge in [-0.3, -0.25) is 0 Å². The van der Waals surface area contributed by atoms with Crippen LogP contribution in [0.25, 0.3) is 43.1 Å². The number of hydrogen-bond acceptors (Lipinski definition) is 0. The molecule has 43 heavy (non-hydrogen) atoms. The van der Waals surface area contributed by atoms with Gasteiger partial charge in [-0.2, -0.15) is 0 Å². The second kappa shape index (κ2) is 20.6. The predicted octanol–water partition coefficient (Wildman–Crippen LogP) is 10.5. The number of hydrogen-bond donors (Lipinski definition) is 0. The van der Waals surface area contributed by atoms with Crippen LogP contribution in [0, 0.1) is 84.9 Å². The molecule has 0 aliphatic heterocycles. The first-order valence-electron chi connectivity index (χ1n) is 12.3. The molecule has 0 aliphatic carbocycles. The van der Waals surface area contributed by atoms with Crippen LogP contribution >= 0.6 is 0 Å². The van der Waals surface area contributed by atoms with Crippen molar-refractivity contribution in [1.29, 1.82) is 0 Å². The molecule has 0 saturated heterocycles. The zero-order valence-electron chi connectivity index (χ0n) is 28.8. The normalized spacial score (nSPS) is 9.81. The summed E-state index contributed by atoms with van der Waals surface area (Å²) in [5.74, 6) is 0. The maximum atomic E-state index is 2.43. The molecule has 0 spiro atoms. The molecular formula is C38H52Al2Si2Sm-2. The average Bonchev–Trinajstić information content (AvgIpc) is 3.32. The van der Waals surface area contributed by atoms with Crippen molar-refractivity contribution in [1.82, 2.24) is 0 Å². The molecule has 0 amide bonds. The molecule has 0 bridgehead atoms. The van der Waals surface area contributed by atoms with Crippen LogP contribution in [0.5, 0.6) is 0 Å². The molecule has 226 valence electrons. The molecule has 6 aromatic rings. The summed E-state index contributed by atoms with van der Waals surface area (Å²) in [6.07, 6.45) is 0. The van der Waals surface area contributed by atoms with Crippen molar-refractivity contribution in [2.45, 2.75) is 39.3 Å². The van der Waals surface area contributed by atoms with Crippen LogP contribution in [0.15, 0.2) is 97.1 Å². The molecule has 6 rings (SSSR count). The maximum absolute atomic E-state index is 2.43. The summed E-state index contributed by atoms with van der Waals surface area (Å²) in [5, 5.41) is 14.8. The SMILES string of the molecule is C[Si](C)(C)[c-]1c2ccccc2c2ccccc21.C[Si](C)(C)[c-]1c2ccccc2c2ccccc21.[Al+3].[Al+3].[CH3-].[CH3-].[CH3-].[CH3-].[CH3-].[CH3-].[Sm]. The summed E-state index contributed by atoms with van der Waals surface area (Å²) in [7, 11) is -2.62. The Bertz CT molecular complexity index is 1400. The van der Waals surface area contributed by atoms with Gasteiger partial charge in [0.05, 0.1) is 0 Å². The van der Waals surface area contributed by atoms with Crippen LogP contribution in [0.2, 0.25) is 39.3 Å². The van der Waals surface area contributed by atoms with Gasteiger partial charge in [-0.15, -0.1) is 77.7 Å². The van der Waals surface area contributed by atoms with E-state index in [9.17, 15) is 0 Å². The maximum Gasteiger partial charge on any atom is 3.00 e. The van der Waals surface area contributed by atoms with Crippen LogP contribution in [0.1, 0.15) is 0 Å². The molecule has 0 aliphatic rings. The van der Waals surface area contributed by atoms with Gasteiger partial charge in [-0.05, 0) is 0 Å². The van der Waals surface area contributed by atoms with E-state index < -0.39 is 16.1 Å². The van der Waals surface area contributed by atoms with E-state index in [4.69, 9.17) is 0 Å². The molecule has 0 nitrogen and oxygen atoms in total. The predicted molar refractivity (Wildman–Crippen MR) is 210 cm³/mol. The fourth-order valence-electron chi connectivity index (χ4n) is 5.65. The Morgan fingerprint density at radius 1 is 0.349 bits per heavy atom.